The van der Waals surface area contributed by atoms with E-state index in [0.29, 0.717) is 23.7 Å². The lowest BCUT2D eigenvalue weighted by atomic mass is 9.98. The largest absolute Gasteiger partial charge is 0.444 e. The number of benzene rings is 2. The fourth-order valence-corrected chi connectivity index (χ4v) is 4.74. The van der Waals surface area contributed by atoms with Gasteiger partial charge in [-0.2, -0.15) is 0 Å². The van der Waals surface area contributed by atoms with Gasteiger partial charge in [0.1, 0.15) is 5.60 Å². The molecule has 2 atom stereocenters. The minimum absolute atomic E-state index is 0.0466. The summed E-state index contributed by atoms with van der Waals surface area (Å²) < 4.78 is 5.40. The second kappa shape index (κ2) is 11.4. The van der Waals surface area contributed by atoms with Crippen molar-refractivity contribution in [1.29, 1.82) is 0 Å². The minimum Gasteiger partial charge on any atom is -0.444 e. The van der Waals surface area contributed by atoms with Crippen molar-refractivity contribution in [1.82, 2.24) is 5.32 Å². The minimum atomic E-state index is -1.16. The molecule has 4 rings (SSSR count). The number of anilines is 2. The lowest BCUT2D eigenvalue weighted by Gasteiger charge is -2.24. The molecule has 2 amide bonds. The van der Waals surface area contributed by atoms with Gasteiger partial charge in [-0.15, -0.1) is 0 Å². The maximum absolute atomic E-state index is 12.2. The molecular weight excluding hydrogens is 539 g/mol. The van der Waals surface area contributed by atoms with Crippen LogP contribution in [-0.4, -0.2) is 47.3 Å². The predicted octanol–water partition coefficient (Wildman–Crippen LogP) is 6.05. The molecule has 2 aliphatic heterocycles. The molecule has 11 heteroatoms. The number of amides is 2. The summed E-state index contributed by atoms with van der Waals surface area (Å²) in [4.78, 5) is 30.9. The molecule has 2 aromatic rings. The van der Waals surface area contributed by atoms with E-state index < -0.39 is 22.4 Å². The highest BCUT2D eigenvalue weighted by Gasteiger charge is 2.32. The summed E-state index contributed by atoms with van der Waals surface area (Å²) in [6.45, 7) is 6.88. The summed E-state index contributed by atoms with van der Waals surface area (Å²) in [5.41, 5.74) is 3.31. The Morgan fingerprint density at radius 2 is 1.95 bits per heavy atom. The van der Waals surface area contributed by atoms with Crippen LogP contribution in [0.2, 0.25) is 5.02 Å². The number of halogens is 3. The number of oxime groups is 1. The summed E-state index contributed by atoms with van der Waals surface area (Å²) in [7, 11) is 0. The standard InChI is InChI=1S/C26H29Cl3N4O4/c1-26(2,3)36-25(35)31-17-10-11-33(14-17)20-9-5-8-18(27)22(20)19-13-21(37-32-19)15-6-4-7-16(12-15)30-24(34)23(28)29/h4-9,12,17,21,23H,10-11,13-14H2,1-3H3,(H,30,34)(H,31,35)/t17-,21?/m0/s1. The summed E-state index contributed by atoms with van der Waals surface area (Å²) in [6.07, 6.45) is 0.503. The highest BCUT2D eigenvalue weighted by Crippen LogP contribution is 2.37. The molecule has 37 heavy (non-hydrogen) atoms. The molecular formula is C26H29Cl3N4O4. The van der Waals surface area contributed by atoms with Crippen LogP contribution in [0.5, 0.6) is 0 Å². The molecule has 198 valence electrons. The van der Waals surface area contributed by atoms with Crippen molar-refractivity contribution in [3.8, 4) is 0 Å². The highest BCUT2D eigenvalue weighted by atomic mass is 35.5. The van der Waals surface area contributed by atoms with Crippen molar-refractivity contribution < 1.29 is 19.2 Å². The van der Waals surface area contributed by atoms with Crippen molar-refractivity contribution in [2.45, 2.75) is 56.2 Å². The molecule has 8 nitrogen and oxygen atoms in total. The zero-order valence-electron chi connectivity index (χ0n) is 20.8. The van der Waals surface area contributed by atoms with Gasteiger partial charge in [-0.3, -0.25) is 4.79 Å². The van der Waals surface area contributed by atoms with Crippen LogP contribution in [-0.2, 0) is 14.4 Å². The Labute approximate surface area is 231 Å². The van der Waals surface area contributed by atoms with E-state index in [4.69, 9.17) is 44.4 Å². The van der Waals surface area contributed by atoms with Crippen LogP contribution in [0.25, 0.3) is 0 Å². The van der Waals surface area contributed by atoms with Crippen molar-refractivity contribution >= 4 is 63.9 Å². The third kappa shape index (κ3) is 7.00. The quantitative estimate of drug-likeness (QED) is 0.415. The van der Waals surface area contributed by atoms with E-state index in [9.17, 15) is 9.59 Å². The second-order valence-electron chi connectivity index (χ2n) is 9.96. The van der Waals surface area contributed by atoms with E-state index in [1.165, 1.54) is 0 Å². The molecule has 0 spiro atoms. The third-order valence-corrected chi connectivity index (χ3v) is 6.63. The number of ether oxygens (including phenoxy) is 1. The molecule has 1 saturated heterocycles. The van der Waals surface area contributed by atoms with Crippen molar-refractivity contribution in [2.75, 3.05) is 23.3 Å². The van der Waals surface area contributed by atoms with Gasteiger partial charge in [-0.25, -0.2) is 4.79 Å². The van der Waals surface area contributed by atoms with E-state index in [1.807, 2.05) is 51.1 Å². The number of rotatable bonds is 6. The number of nitrogens with one attached hydrogen (secondary N) is 2. The van der Waals surface area contributed by atoms with Gasteiger partial charge in [-0.1, -0.05) is 58.2 Å². The normalized spacial score (nSPS) is 19.4. The van der Waals surface area contributed by atoms with E-state index >= 15 is 0 Å². The molecule has 2 aliphatic rings. The Bertz CT molecular complexity index is 1200. The SMILES string of the molecule is CC(C)(C)OC(=O)N[C@H]1CCN(c2cccc(Cl)c2C2=NOC(c3cccc(NC(=O)C(Cl)Cl)c3)C2)C1. The molecule has 0 aromatic heterocycles. The Morgan fingerprint density at radius 1 is 1.19 bits per heavy atom. The van der Waals surface area contributed by atoms with Gasteiger partial charge in [0.15, 0.2) is 10.9 Å². The van der Waals surface area contributed by atoms with Gasteiger partial charge in [0.25, 0.3) is 5.91 Å². The van der Waals surface area contributed by atoms with Crippen LogP contribution in [0.4, 0.5) is 16.2 Å². The first-order valence-corrected chi connectivity index (χ1v) is 13.2. The van der Waals surface area contributed by atoms with Gasteiger partial charge in [0, 0.05) is 36.4 Å². The Morgan fingerprint density at radius 3 is 2.68 bits per heavy atom. The maximum Gasteiger partial charge on any atom is 0.407 e. The molecule has 0 saturated carbocycles. The molecule has 2 N–H and O–H groups in total. The van der Waals surface area contributed by atoms with Gasteiger partial charge in [0.05, 0.1) is 16.8 Å². The van der Waals surface area contributed by atoms with Crippen LogP contribution in [0.3, 0.4) is 0 Å². The molecule has 0 radical (unpaired) electrons. The Hall–Kier alpha value is -2.68. The van der Waals surface area contributed by atoms with Gasteiger partial charge < -0.3 is 25.1 Å². The van der Waals surface area contributed by atoms with Crippen LogP contribution in [0.15, 0.2) is 47.6 Å². The Kier molecular flexibility index (Phi) is 8.41. The summed E-state index contributed by atoms with van der Waals surface area (Å²) >= 11 is 17.9. The number of carbonyl (C=O) groups excluding carboxylic acids is 2. The van der Waals surface area contributed by atoms with Gasteiger partial charge >= 0.3 is 6.09 Å². The Balaban J connectivity index is 1.46. The molecule has 1 unspecified atom stereocenters. The number of alkyl halides is 2. The first-order valence-electron chi connectivity index (χ1n) is 11.9. The monoisotopic (exact) mass is 566 g/mol. The first-order chi connectivity index (χ1) is 17.5. The van der Waals surface area contributed by atoms with Gasteiger partial charge in [0.2, 0.25) is 0 Å². The molecule has 0 aliphatic carbocycles. The smallest absolute Gasteiger partial charge is 0.407 e. The number of alkyl carbamates (subject to hydrolysis) is 1. The molecule has 2 heterocycles. The molecule has 0 bridgehead atoms. The zero-order chi connectivity index (χ0) is 26.7. The average molecular weight is 568 g/mol. The maximum atomic E-state index is 12.2. The lowest BCUT2D eigenvalue weighted by Crippen LogP contribution is -2.40. The van der Waals surface area contributed by atoms with Crippen molar-refractivity contribution in [2.24, 2.45) is 5.16 Å². The summed E-state index contributed by atoms with van der Waals surface area (Å²) in [5.74, 6) is -0.504. The second-order valence-corrected chi connectivity index (χ2v) is 11.5. The first kappa shape index (κ1) is 27.4. The van der Waals surface area contributed by atoms with E-state index in [-0.39, 0.29) is 12.1 Å². The number of nitrogens with zero attached hydrogens (tertiary/aromatic N) is 2. The van der Waals surface area contributed by atoms with Crippen LogP contribution in [0, 0.1) is 0 Å². The summed E-state index contributed by atoms with van der Waals surface area (Å²) in [6, 6.07) is 12.9. The lowest BCUT2D eigenvalue weighted by molar-refractivity contribution is -0.114. The number of carbonyl (C=O) groups is 2. The molecule has 1 fully saturated rings. The van der Waals surface area contributed by atoms with Crippen LogP contribution < -0.4 is 15.5 Å². The third-order valence-electron chi connectivity index (χ3n) is 5.92. The predicted molar refractivity (Wildman–Crippen MR) is 147 cm³/mol. The summed E-state index contributed by atoms with van der Waals surface area (Å²) in [5, 5.41) is 10.6. The van der Waals surface area contributed by atoms with Crippen molar-refractivity contribution in [3.05, 3.63) is 58.6 Å². The highest BCUT2D eigenvalue weighted by molar-refractivity contribution is 6.54. The van der Waals surface area contributed by atoms with Crippen LogP contribution >= 0.6 is 34.8 Å². The van der Waals surface area contributed by atoms with E-state index in [2.05, 4.69) is 20.7 Å². The van der Waals surface area contributed by atoms with E-state index in [0.717, 1.165) is 35.5 Å². The fourth-order valence-electron chi connectivity index (χ4n) is 4.35. The average Bonchev–Trinajstić information content (AvgIpc) is 3.48. The van der Waals surface area contributed by atoms with Gasteiger partial charge in [-0.05, 0) is 57.0 Å². The molecule has 2 aromatic carbocycles. The topological polar surface area (TPSA) is 92.3 Å². The number of hydrogen-bond donors (Lipinski definition) is 2. The van der Waals surface area contributed by atoms with Crippen LogP contribution in [0.1, 0.15) is 50.8 Å². The fraction of sp³-hybridized carbons (Fsp3) is 0.423. The van der Waals surface area contributed by atoms with Crippen molar-refractivity contribution in [3.63, 3.8) is 0 Å². The number of hydrogen-bond acceptors (Lipinski definition) is 6. The van der Waals surface area contributed by atoms with E-state index in [1.54, 1.807) is 12.1 Å². The zero-order valence-corrected chi connectivity index (χ0v) is 23.0.